The van der Waals surface area contributed by atoms with Gasteiger partial charge in [0.25, 0.3) is 0 Å². The molecule has 0 spiro atoms. The van der Waals surface area contributed by atoms with Crippen molar-refractivity contribution >= 4 is 23.4 Å². The SMILES string of the molecule is COC(=O)Cc1ccccc1CSc1cc(N)cc(F)c1. The van der Waals surface area contributed by atoms with E-state index in [0.29, 0.717) is 11.4 Å². The molecule has 0 bridgehead atoms. The number of thioether (sulfide) groups is 1. The molecule has 0 aromatic heterocycles. The third-order valence-electron chi connectivity index (χ3n) is 2.97. The van der Waals surface area contributed by atoms with Crippen molar-refractivity contribution in [3.05, 3.63) is 59.4 Å². The quantitative estimate of drug-likeness (QED) is 0.522. The largest absolute Gasteiger partial charge is 0.469 e. The van der Waals surface area contributed by atoms with Crippen molar-refractivity contribution in [2.24, 2.45) is 0 Å². The van der Waals surface area contributed by atoms with Gasteiger partial charge in [-0.05, 0) is 29.3 Å². The molecule has 0 saturated carbocycles. The van der Waals surface area contributed by atoms with Gasteiger partial charge in [0.1, 0.15) is 5.82 Å². The van der Waals surface area contributed by atoms with Crippen LogP contribution in [0.2, 0.25) is 0 Å². The van der Waals surface area contributed by atoms with Gasteiger partial charge in [0.2, 0.25) is 0 Å². The molecule has 110 valence electrons. The third kappa shape index (κ3) is 4.49. The minimum Gasteiger partial charge on any atom is -0.469 e. The Hall–Kier alpha value is -2.01. The van der Waals surface area contributed by atoms with Gasteiger partial charge >= 0.3 is 5.97 Å². The molecule has 0 fully saturated rings. The summed E-state index contributed by atoms with van der Waals surface area (Å²) in [5.74, 6) is 0.0126. The highest BCUT2D eigenvalue weighted by Crippen LogP contribution is 2.27. The van der Waals surface area contributed by atoms with Gasteiger partial charge in [-0.25, -0.2) is 4.39 Å². The maximum atomic E-state index is 13.3. The predicted octanol–water partition coefficient (Wildman–Crippen LogP) is 3.42. The van der Waals surface area contributed by atoms with E-state index in [-0.39, 0.29) is 18.2 Å². The van der Waals surface area contributed by atoms with Crippen molar-refractivity contribution in [2.75, 3.05) is 12.8 Å². The van der Waals surface area contributed by atoms with Gasteiger partial charge in [0.15, 0.2) is 0 Å². The van der Waals surface area contributed by atoms with Gasteiger partial charge in [0, 0.05) is 16.3 Å². The van der Waals surface area contributed by atoms with E-state index in [4.69, 9.17) is 10.5 Å². The number of anilines is 1. The topological polar surface area (TPSA) is 52.3 Å². The summed E-state index contributed by atoms with van der Waals surface area (Å²) in [7, 11) is 1.37. The maximum Gasteiger partial charge on any atom is 0.309 e. The van der Waals surface area contributed by atoms with Crippen LogP contribution in [0.1, 0.15) is 11.1 Å². The highest BCUT2D eigenvalue weighted by Gasteiger charge is 2.08. The second-order valence-electron chi connectivity index (χ2n) is 4.53. The summed E-state index contributed by atoms with van der Waals surface area (Å²) in [5.41, 5.74) is 7.97. The van der Waals surface area contributed by atoms with Gasteiger partial charge < -0.3 is 10.5 Å². The minimum atomic E-state index is -0.347. The summed E-state index contributed by atoms with van der Waals surface area (Å²) in [6.45, 7) is 0. The van der Waals surface area contributed by atoms with Gasteiger partial charge in [0.05, 0.1) is 13.5 Å². The van der Waals surface area contributed by atoms with Crippen LogP contribution in [0.4, 0.5) is 10.1 Å². The molecule has 5 heteroatoms. The Morgan fingerprint density at radius 2 is 1.95 bits per heavy atom. The number of hydrogen-bond donors (Lipinski definition) is 1. The molecular weight excluding hydrogens is 289 g/mol. The van der Waals surface area contributed by atoms with E-state index in [1.54, 1.807) is 6.07 Å². The minimum absolute atomic E-state index is 0.235. The first kappa shape index (κ1) is 15.4. The molecule has 2 aromatic carbocycles. The number of carbonyl (C=O) groups excluding carboxylic acids is 1. The highest BCUT2D eigenvalue weighted by atomic mass is 32.2. The van der Waals surface area contributed by atoms with E-state index in [9.17, 15) is 9.18 Å². The van der Waals surface area contributed by atoms with E-state index in [0.717, 1.165) is 16.0 Å². The zero-order valence-electron chi connectivity index (χ0n) is 11.6. The normalized spacial score (nSPS) is 10.4. The fourth-order valence-electron chi connectivity index (χ4n) is 1.93. The predicted molar refractivity (Wildman–Crippen MR) is 82.5 cm³/mol. The lowest BCUT2D eigenvalue weighted by Crippen LogP contribution is -2.06. The van der Waals surface area contributed by atoms with Crippen LogP contribution in [0.3, 0.4) is 0 Å². The first-order valence-corrected chi connectivity index (χ1v) is 7.39. The Bertz CT molecular complexity index is 626. The summed E-state index contributed by atoms with van der Waals surface area (Å²) in [6, 6.07) is 12.1. The van der Waals surface area contributed by atoms with Crippen molar-refractivity contribution in [3.63, 3.8) is 0 Å². The Morgan fingerprint density at radius 1 is 1.24 bits per heavy atom. The average Bonchev–Trinajstić information content (AvgIpc) is 2.45. The van der Waals surface area contributed by atoms with E-state index in [1.807, 2.05) is 24.3 Å². The lowest BCUT2D eigenvalue weighted by Gasteiger charge is -2.09. The zero-order chi connectivity index (χ0) is 15.2. The van der Waals surface area contributed by atoms with Crippen LogP contribution >= 0.6 is 11.8 Å². The van der Waals surface area contributed by atoms with Crippen LogP contribution in [0.15, 0.2) is 47.4 Å². The summed E-state index contributed by atoms with van der Waals surface area (Å²) in [4.78, 5) is 12.2. The van der Waals surface area contributed by atoms with Crippen molar-refractivity contribution in [1.82, 2.24) is 0 Å². The molecule has 0 heterocycles. The first-order valence-electron chi connectivity index (χ1n) is 6.41. The van der Waals surface area contributed by atoms with Gasteiger partial charge in [-0.2, -0.15) is 0 Å². The molecule has 0 unspecified atom stereocenters. The molecule has 21 heavy (non-hydrogen) atoms. The zero-order valence-corrected chi connectivity index (χ0v) is 12.5. The van der Waals surface area contributed by atoms with Crippen molar-refractivity contribution < 1.29 is 13.9 Å². The van der Waals surface area contributed by atoms with E-state index in [2.05, 4.69) is 0 Å². The number of rotatable bonds is 5. The Balaban J connectivity index is 2.10. The fraction of sp³-hybridized carbons (Fsp3) is 0.188. The van der Waals surface area contributed by atoms with Crippen molar-refractivity contribution in [1.29, 1.82) is 0 Å². The molecule has 3 nitrogen and oxygen atoms in total. The van der Waals surface area contributed by atoms with Crippen LogP contribution in [0.25, 0.3) is 0 Å². The summed E-state index contributed by atoms with van der Waals surface area (Å²) in [5, 5.41) is 0. The number of methoxy groups -OCH3 is 1. The van der Waals surface area contributed by atoms with Crippen LogP contribution in [-0.2, 0) is 21.7 Å². The van der Waals surface area contributed by atoms with Crippen LogP contribution in [0.5, 0.6) is 0 Å². The molecule has 0 amide bonds. The Labute approximate surface area is 127 Å². The third-order valence-corrected chi connectivity index (χ3v) is 3.99. The second-order valence-corrected chi connectivity index (χ2v) is 5.58. The van der Waals surface area contributed by atoms with Gasteiger partial charge in [-0.3, -0.25) is 4.79 Å². The van der Waals surface area contributed by atoms with Crippen LogP contribution in [-0.4, -0.2) is 13.1 Å². The molecular formula is C16H16FNO2S. The standard InChI is InChI=1S/C16H16FNO2S/c1-20-16(19)6-11-4-2-3-5-12(11)10-21-15-8-13(17)7-14(18)9-15/h2-5,7-9H,6,10,18H2,1H3. The van der Waals surface area contributed by atoms with Crippen molar-refractivity contribution in [2.45, 2.75) is 17.1 Å². The molecule has 0 aliphatic rings. The lowest BCUT2D eigenvalue weighted by molar-refractivity contribution is -0.139. The number of benzene rings is 2. The maximum absolute atomic E-state index is 13.3. The number of hydrogen-bond acceptors (Lipinski definition) is 4. The van der Waals surface area contributed by atoms with Gasteiger partial charge in [-0.15, -0.1) is 11.8 Å². The number of nitrogens with two attached hydrogens (primary N) is 1. The fourth-order valence-corrected chi connectivity index (χ4v) is 2.95. The van der Waals surface area contributed by atoms with Crippen LogP contribution in [0, 0.1) is 5.82 Å². The number of carbonyl (C=O) groups is 1. The summed E-state index contributed by atoms with van der Waals surface area (Å²) in [6.07, 6.45) is 0.235. The first-order chi connectivity index (χ1) is 10.1. The van der Waals surface area contributed by atoms with Crippen LogP contribution < -0.4 is 5.73 Å². The lowest BCUT2D eigenvalue weighted by atomic mass is 10.1. The van der Waals surface area contributed by atoms with Crippen molar-refractivity contribution in [3.8, 4) is 0 Å². The molecule has 2 N–H and O–H groups in total. The summed E-state index contributed by atoms with van der Waals surface area (Å²) >= 11 is 1.48. The average molecular weight is 305 g/mol. The van der Waals surface area contributed by atoms with E-state index < -0.39 is 0 Å². The molecule has 2 rings (SSSR count). The molecule has 0 radical (unpaired) electrons. The van der Waals surface area contributed by atoms with E-state index >= 15 is 0 Å². The number of ether oxygens (including phenoxy) is 1. The number of halogens is 1. The smallest absolute Gasteiger partial charge is 0.309 e. The van der Waals surface area contributed by atoms with E-state index in [1.165, 1.54) is 31.0 Å². The molecule has 2 aromatic rings. The second kappa shape index (κ2) is 7.13. The molecule has 0 aliphatic carbocycles. The summed E-state index contributed by atoms with van der Waals surface area (Å²) < 4.78 is 18.0. The van der Waals surface area contributed by atoms with Gasteiger partial charge in [-0.1, -0.05) is 24.3 Å². The molecule has 0 atom stereocenters. The number of nitrogen functional groups attached to an aromatic ring is 1. The molecule has 0 saturated heterocycles. The number of esters is 1. The monoisotopic (exact) mass is 305 g/mol. The molecule has 0 aliphatic heterocycles. The Kier molecular flexibility index (Phi) is 5.22. The highest BCUT2D eigenvalue weighted by molar-refractivity contribution is 7.98. The Morgan fingerprint density at radius 3 is 2.62 bits per heavy atom.